The number of para-hydroxylation sites is 1. The minimum Gasteiger partial charge on any atom is -0.326 e. The van der Waals surface area contributed by atoms with Gasteiger partial charge in [0.25, 0.3) is 0 Å². The highest BCUT2D eigenvalue weighted by Crippen LogP contribution is 2.36. The lowest BCUT2D eigenvalue weighted by atomic mass is 9.96. The fourth-order valence-electron chi connectivity index (χ4n) is 4.12. The molecule has 2 aliphatic rings. The largest absolute Gasteiger partial charge is 0.326 e. The van der Waals surface area contributed by atoms with Crippen molar-refractivity contribution in [3.8, 4) is 0 Å². The molecule has 32 heavy (non-hydrogen) atoms. The molecule has 1 aliphatic heterocycles. The van der Waals surface area contributed by atoms with Crippen LogP contribution in [0.1, 0.15) is 38.5 Å². The van der Waals surface area contributed by atoms with Gasteiger partial charge in [-0.25, -0.2) is 8.42 Å². The summed E-state index contributed by atoms with van der Waals surface area (Å²) in [6.07, 6.45) is 5.07. The summed E-state index contributed by atoms with van der Waals surface area (Å²) in [7, 11) is -1.93. The molecule has 0 spiro atoms. The molecular weight excluding hydrogens is 446 g/mol. The van der Waals surface area contributed by atoms with E-state index in [1.807, 2.05) is 24.3 Å². The smallest absolute Gasteiger partial charge is 0.243 e. The fraction of sp³-hybridized carbons (Fsp3) is 0.391. The van der Waals surface area contributed by atoms with Gasteiger partial charge in [-0.2, -0.15) is 4.31 Å². The Labute approximate surface area is 193 Å². The zero-order valence-electron chi connectivity index (χ0n) is 17.9. The molecule has 0 aromatic heterocycles. The third-order valence-electron chi connectivity index (χ3n) is 5.98. The number of carbonyl (C=O) groups is 2. The first kappa shape index (κ1) is 22.8. The van der Waals surface area contributed by atoms with Gasteiger partial charge in [0, 0.05) is 30.1 Å². The molecule has 0 unspecified atom stereocenters. The van der Waals surface area contributed by atoms with Gasteiger partial charge in [-0.3, -0.25) is 9.59 Å². The Morgan fingerprint density at radius 2 is 1.78 bits per heavy atom. The molecular formula is C23H27N3O4S2. The van der Waals surface area contributed by atoms with Crippen LogP contribution in [0.5, 0.6) is 0 Å². The van der Waals surface area contributed by atoms with E-state index in [1.54, 1.807) is 19.2 Å². The first-order chi connectivity index (χ1) is 15.3. The van der Waals surface area contributed by atoms with Crippen LogP contribution in [0.15, 0.2) is 58.3 Å². The van der Waals surface area contributed by atoms with Crippen LogP contribution >= 0.6 is 11.8 Å². The van der Waals surface area contributed by atoms with Crippen LogP contribution in [0.3, 0.4) is 0 Å². The Hall–Kier alpha value is -2.36. The number of hydrogen-bond donors (Lipinski definition) is 2. The van der Waals surface area contributed by atoms with Gasteiger partial charge >= 0.3 is 0 Å². The minimum atomic E-state index is -3.58. The summed E-state index contributed by atoms with van der Waals surface area (Å²) in [6, 6.07) is 13.7. The van der Waals surface area contributed by atoms with Crippen LogP contribution in [-0.4, -0.2) is 42.9 Å². The second-order valence-corrected chi connectivity index (χ2v) is 11.4. The summed E-state index contributed by atoms with van der Waals surface area (Å²) in [5, 5.41) is 5.07. The fourth-order valence-corrected chi connectivity index (χ4v) is 6.65. The number of nitrogens with one attached hydrogen (secondary N) is 2. The predicted octanol–water partition coefficient (Wildman–Crippen LogP) is 4.08. The summed E-state index contributed by atoms with van der Waals surface area (Å²) in [6.45, 7) is 0. The molecule has 1 atom stereocenters. The van der Waals surface area contributed by atoms with E-state index in [-0.39, 0.29) is 29.2 Å². The number of nitrogens with zero attached hydrogens (tertiary/aromatic N) is 1. The summed E-state index contributed by atoms with van der Waals surface area (Å²) >= 11 is 1.37. The third-order valence-corrected chi connectivity index (χ3v) is 9.18. The van der Waals surface area contributed by atoms with Crippen molar-refractivity contribution in [3.05, 3.63) is 48.5 Å². The van der Waals surface area contributed by atoms with E-state index in [9.17, 15) is 18.0 Å². The van der Waals surface area contributed by atoms with Crippen molar-refractivity contribution in [2.24, 2.45) is 0 Å². The molecule has 2 aromatic carbocycles. The van der Waals surface area contributed by atoms with Crippen molar-refractivity contribution in [2.75, 3.05) is 17.7 Å². The average molecular weight is 474 g/mol. The number of fused-ring (bicyclic) bond motifs is 1. The first-order valence-corrected chi connectivity index (χ1v) is 13.1. The molecule has 2 amide bonds. The number of hydrogen-bond acceptors (Lipinski definition) is 5. The van der Waals surface area contributed by atoms with Crippen molar-refractivity contribution in [1.82, 2.24) is 4.31 Å². The molecule has 1 aliphatic carbocycles. The molecule has 170 valence electrons. The van der Waals surface area contributed by atoms with Gasteiger partial charge in [0.15, 0.2) is 0 Å². The van der Waals surface area contributed by atoms with Crippen LogP contribution in [0, 0.1) is 0 Å². The molecule has 4 rings (SSSR count). The van der Waals surface area contributed by atoms with Crippen molar-refractivity contribution < 1.29 is 18.0 Å². The number of thioether (sulfide) groups is 1. The van der Waals surface area contributed by atoms with Crippen LogP contribution in [0.2, 0.25) is 0 Å². The molecule has 7 nitrogen and oxygen atoms in total. The number of anilines is 2. The van der Waals surface area contributed by atoms with Crippen molar-refractivity contribution in [1.29, 1.82) is 0 Å². The molecule has 0 bridgehead atoms. The number of benzene rings is 2. The quantitative estimate of drug-likeness (QED) is 0.659. The van der Waals surface area contributed by atoms with Gasteiger partial charge in [-0.05, 0) is 49.2 Å². The number of carbonyl (C=O) groups excluding carboxylic acids is 2. The summed E-state index contributed by atoms with van der Waals surface area (Å²) in [5.41, 5.74) is 1.25. The maximum atomic E-state index is 13.0. The van der Waals surface area contributed by atoms with E-state index in [1.165, 1.54) is 28.2 Å². The Kier molecular flexibility index (Phi) is 6.88. The second-order valence-electron chi connectivity index (χ2n) is 8.18. The van der Waals surface area contributed by atoms with E-state index in [4.69, 9.17) is 0 Å². The number of amides is 2. The van der Waals surface area contributed by atoms with E-state index < -0.39 is 15.3 Å². The van der Waals surface area contributed by atoms with Crippen LogP contribution < -0.4 is 10.6 Å². The topological polar surface area (TPSA) is 95.6 Å². The SMILES string of the molecule is CN(C1CCCCC1)S(=O)(=O)c1ccc(NC(=O)C[C@H]2Sc3ccccc3NC2=O)cc1. The highest BCUT2D eigenvalue weighted by Gasteiger charge is 2.30. The molecule has 1 saturated carbocycles. The van der Waals surface area contributed by atoms with Gasteiger partial charge in [-0.15, -0.1) is 11.8 Å². The van der Waals surface area contributed by atoms with Gasteiger partial charge in [0.2, 0.25) is 21.8 Å². The van der Waals surface area contributed by atoms with Crippen LogP contribution in [-0.2, 0) is 19.6 Å². The Morgan fingerprint density at radius 3 is 2.50 bits per heavy atom. The highest BCUT2D eigenvalue weighted by molar-refractivity contribution is 8.01. The van der Waals surface area contributed by atoms with Gasteiger partial charge < -0.3 is 10.6 Å². The van der Waals surface area contributed by atoms with Gasteiger partial charge in [-0.1, -0.05) is 31.4 Å². The van der Waals surface area contributed by atoms with E-state index in [0.29, 0.717) is 5.69 Å². The maximum absolute atomic E-state index is 13.0. The summed E-state index contributed by atoms with van der Waals surface area (Å²) in [5.74, 6) is -0.497. The maximum Gasteiger partial charge on any atom is 0.243 e. The lowest BCUT2D eigenvalue weighted by Gasteiger charge is -2.30. The van der Waals surface area contributed by atoms with E-state index in [0.717, 1.165) is 42.7 Å². The predicted molar refractivity (Wildman–Crippen MR) is 126 cm³/mol. The summed E-state index contributed by atoms with van der Waals surface area (Å²) in [4.78, 5) is 26.0. The van der Waals surface area contributed by atoms with Crippen LogP contribution in [0.25, 0.3) is 0 Å². The third kappa shape index (κ3) is 5.00. The average Bonchev–Trinajstić information content (AvgIpc) is 2.80. The zero-order chi connectivity index (χ0) is 22.7. The molecule has 2 aromatic rings. The van der Waals surface area contributed by atoms with E-state index >= 15 is 0 Å². The number of rotatable bonds is 6. The molecule has 2 N–H and O–H groups in total. The van der Waals surface area contributed by atoms with Gasteiger partial charge in [0.1, 0.15) is 0 Å². The molecule has 1 heterocycles. The van der Waals surface area contributed by atoms with Crippen molar-refractivity contribution in [2.45, 2.75) is 59.6 Å². The molecule has 9 heteroatoms. The van der Waals surface area contributed by atoms with E-state index in [2.05, 4.69) is 10.6 Å². The minimum absolute atomic E-state index is 0.0231. The normalized spacial score (nSPS) is 19.3. The lowest BCUT2D eigenvalue weighted by molar-refractivity contribution is -0.120. The summed E-state index contributed by atoms with van der Waals surface area (Å²) < 4.78 is 27.4. The first-order valence-electron chi connectivity index (χ1n) is 10.8. The Morgan fingerprint density at radius 1 is 1.09 bits per heavy atom. The lowest BCUT2D eigenvalue weighted by Crippen LogP contribution is -2.38. The van der Waals surface area contributed by atoms with Gasteiger partial charge in [0.05, 0.1) is 15.8 Å². The standard InChI is InChI=1S/C23H27N3O4S2/c1-26(17-7-3-2-4-8-17)32(29,30)18-13-11-16(12-14-18)24-22(27)15-21-23(28)25-19-9-5-6-10-20(19)31-21/h5-6,9-14,17,21H,2-4,7-8,15H2,1H3,(H,24,27)(H,25,28)/t21-/m1/s1. The highest BCUT2D eigenvalue weighted by atomic mass is 32.2. The molecule has 1 fully saturated rings. The van der Waals surface area contributed by atoms with Crippen molar-refractivity contribution >= 4 is 45.0 Å². The Bertz CT molecular complexity index is 1100. The van der Waals surface area contributed by atoms with Crippen molar-refractivity contribution in [3.63, 3.8) is 0 Å². The monoisotopic (exact) mass is 473 g/mol. The van der Waals surface area contributed by atoms with Crippen LogP contribution in [0.4, 0.5) is 11.4 Å². The Balaban J connectivity index is 1.37. The zero-order valence-corrected chi connectivity index (χ0v) is 19.5. The molecule has 0 radical (unpaired) electrons. The molecule has 0 saturated heterocycles. The second kappa shape index (κ2) is 9.64. The number of sulfonamides is 1.